The number of allylic oxidation sites excluding steroid dienone is 2. The summed E-state index contributed by atoms with van der Waals surface area (Å²) in [6.45, 7) is 2.83. The van der Waals surface area contributed by atoms with Gasteiger partial charge in [0.1, 0.15) is 6.61 Å². The predicted octanol–water partition coefficient (Wildman–Crippen LogP) is 3.81. The number of carbonyl (C=O) groups excluding carboxylic acids is 2. The number of ether oxygens (including phenoxy) is 2. The molecular weight excluding hydrogens is 392 g/mol. The fraction of sp³-hybridized carbons (Fsp3) is 0.320. The van der Waals surface area contributed by atoms with E-state index in [-0.39, 0.29) is 35.5 Å². The van der Waals surface area contributed by atoms with E-state index in [0.717, 1.165) is 22.6 Å². The summed E-state index contributed by atoms with van der Waals surface area (Å²) in [6, 6.07) is 15.4. The van der Waals surface area contributed by atoms with E-state index in [9.17, 15) is 9.59 Å². The fourth-order valence-electron chi connectivity index (χ4n) is 4.85. The smallest absolute Gasteiger partial charge is 0.254 e. The van der Waals surface area contributed by atoms with E-state index in [1.165, 1.54) is 6.21 Å². The van der Waals surface area contributed by atoms with Crippen molar-refractivity contribution in [2.24, 2.45) is 28.8 Å². The van der Waals surface area contributed by atoms with Crippen LogP contribution in [0.5, 0.6) is 11.5 Å². The first-order valence-electron chi connectivity index (χ1n) is 10.7. The summed E-state index contributed by atoms with van der Waals surface area (Å²) in [7, 11) is 0. The first-order valence-corrected chi connectivity index (χ1v) is 10.7. The first-order chi connectivity index (χ1) is 15.2. The maximum absolute atomic E-state index is 12.8. The number of hydrogen-bond acceptors (Lipinski definition) is 5. The molecule has 1 aliphatic heterocycles. The fourth-order valence-corrected chi connectivity index (χ4v) is 4.85. The van der Waals surface area contributed by atoms with Gasteiger partial charge in [-0.3, -0.25) is 9.59 Å². The van der Waals surface area contributed by atoms with Gasteiger partial charge < -0.3 is 9.47 Å². The molecule has 4 atom stereocenters. The van der Waals surface area contributed by atoms with E-state index in [1.54, 1.807) is 0 Å². The van der Waals surface area contributed by atoms with E-state index < -0.39 is 0 Å². The zero-order valence-electron chi connectivity index (χ0n) is 17.3. The van der Waals surface area contributed by atoms with Crippen molar-refractivity contribution in [1.29, 1.82) is 0 Å². The molecule has 2 aromatic carbocycles. The van der Waals surface area contributed by atoms with E-state index in [4.69, 9.17) is 9.47 Å². The van der Waals surface area contributed by atoms with Crippen LogP contribution in [0.15, 0.2) is 65.8 Å². The van der Waals surface area contributed by atoms with Gasteiger partial charge in [-0.25, -0.2) is 0 Å². The Morgan fingerprint density at radius 1 is 0.968 bits per heavy atom. The van der Waals surface area contributed by atoms with Gasteiger partial charge >= 0.3 is 0 Å². The Labute approximate surface area is 181 Å². The second kappa shape index (κ2) is 8.02. The maximum Gasteiger partial charge on any atom is 0.254 e. The van der Waals surface area contributed by atoms with Gasteiger partial charge in [0.05, 0.1) is 24.7 Å². The SMILES string of the molecule is CCOc1cc(/C=N\N2C(=O)[C@H]3[C@H](C2=O)[C@H]2C=C[C@H]3C2)ccc1OCc1ccccc1. The molecule has 31 heavy (non-hydrogen) atoms. The summed E-state index contributed by atoms with van der Waals surface area (Å²) in [5.41, 5.74) is 1.80. The number of rotatable bonds is 7. The van der Waals surface area contributed by atoms with Gasteiger partial charge in [-0.2, -0.15) is 10.1 Å². The molecule has 1 saturated heterocycles. The van der Waals surface area contributed by atoms with Gasteiger partial charge in [0, 0.05) is 0 Å². The van der Waals surface area contributed by atoms with Crippen molar-refractivity contribution < 1.29 is 19.1 Å². The Morgan fingerprint density at radius 3 is 2.35 bits per heavy atom. The summed E-state index contributed by atoms with van der Waals surface area (Å²) in [5, 5.41) is 5.30. The molecule has 6 nitrogen and oxygen atoms in total. The van der Waals surface area contributed by atoms with Gasteiger partial charge in [-0.05, 0) is 54.5 Å². The summed E-state index contributed by atoms with van der Waals surface area (Å²) >= 11 is 0. The van der Waals surface area contributed by atoms with Crippen LogP contribution in [0.4, 0.5) is 0 Å². The van der Waals surface area contributed by atoms with E-state index in [1.807, 2.05) is 55.5 Å². The molecule has 0 N–H and O–H groups in total. The lowest BCUT2D eigenvalue weighted by molar-refractivity contribution is -0.140. The Bertz CT molecular complexity index is 1030. The van der Waals surface area contributed by atoms with Crippen LogP contribution in [0.2, 0.25) is 0 Å². The molecule has 0 spiro atoms. The topological polar surface area (TPSA) is 68.2 Å². The Morgan fingerprint density at radius 2 is 1.68 bits per heavy atom. The molecule has 2 fully saturated rings. The van der Waals surface area contributed by atoms with Crippen molar-refractivity contribution >= 4 is 18.0 Å². The van der Waals surface area contributed by atoms with Crippen LogP contribution >= 0.6 is 0 Å². The van der Waals surface area contributed by atoms with Gasteiger partial charge in [0.2, 0.25) is 0 Å². The first kappa shape index (κ1) is 19.5. The van der Waals surface area contributed by atoms with Crippen LogP contribution in [0.1, 0.15) is 24.5 Å². The number of hydrazone groups is 1. The second-order valence-corrected chi connectivity index (χ2v) is 8.15. The van der Waals surface area contributed by atoms with Crippen LogP contribution < -0.4 is 9.47 Å². The summed E-state index contributed by atoms with van der Waals surface area (Å²) in [6.07, 6.45) is 6.60. The van der Waals surface area contributed by atoms with Crippen molar-refractivity contribution in [2.45, 2.75) is 20.0 Å². The molecule has 5 rings (SSSR count). The zero-order chi connectivity index (χ0) is 21.4. The minimum atomic E-state index is -0.243. The Balaban J connectivity index is 1.31. The molecule has 2 bridgehead atoms. The van der Waals surface area contributed by atoms with Crippen LogP contribution in [-0.4, -0.2) is 29.6 Å². The van der Waals surface area contributed by atoms with Crippen molar-refractivity contribution in [3.05, 3.63) is 71.8 Å². The average Bonchev–Trinajstić information content (AvgIpc) is 3.47. The van der Waals surface area contributed by atoms with Crippen LogP contribution in [0.3, 0.4) is 0 Å². The van der Waals surface area contributed by atoms with Crippen LogP contribution in [-0.2, 0) is 16.2 Å². The largest absolute Gasteiger partial charge is 0.490 e. The molecule has 2 aromatic rings. The number of benzene rings is 2. The summed E-state index contributed by atoms with van der Waals surface area (Å²) in [4.78, 5) is 25.5. The minimum absolute atomic E-state index is 0.178. The third kappa shape index (κ3) is 3.52. The molecule has 0 unspecified atom stereocenters. The van der Waals surface area contributed by atoms with Gasteiger partial charge in [-0.15, -0.1) is 0 Å². The van der Waals surface area contributed by atoms with Gasteiger partial charge in [0.15, 0.2) is 11.5 Å². The third-order valence-electron chi connectivity index (χ3n) is 6.27. The van der Waals surface area contributed by atoms with Gasteiger partial charge in [-0.1, -0.05) is 42.5 Å². The van der Waals surface area contributed by atoms with E-state index in [2.05, 4.69) is 17.3 Å². The molecule has 3 aliphatic rings. The van der Waals surface area contributed by atoms with Crippen LogP contribution in [0.25, 0.3) is 0 Å². The predicted molar refractivity (Wildman–Crippen MR) is 116 cm³/mol. The standard InChI is InChI=1S/C25H24N2O4/c1-2-30-21-12-17(8-11-20(21)31-15-16-6-4-3-5-7-16)14-26-27-24(28)22-18-9-10-19(13-18)23(22)25(27)29/h3-12,14,18-19,22-23H,2,13,15H2,1H3/b26-14-/t18-,19-,22+,23+/m0/s1. The molecule has 158 valence electrons. The number of fused-ring (bicyclic) bond motifs is 5. The number of carbonyl (C=O) groups is 2. The molecule has 1 saturated carbocycles. The minimum Gasteiger partial charge on any atom is -0.490 e. The second-order valence-electron chi connectivity index (χ2n) is 8.15. The number of nitrogens with zero attached hydrogens (tertiary/aromatic N) is 2. The molecule has 1 heterocycles. The monoisotopic (exact) mass is 416 g/mol. The molecule has 6 heteroatoms. The Hall–Kier alpha value is -3.41. The van der Waals surface area contributed by atoms with Crippen LogP contribution in [0, 0.1) is 23.7 Å². The van der Waals surface area contributed by atoms with Crippen molar-refractivity contribution in [3.63, 3.8) is 0 Å². The number of hydrogen-bond donors (Lipinski definition) is 0. The molecule has 0 aromatic heterocycles. The molecule has 2 aliphatic carbocycles. The highest BCUT2D eigenvalue weighted by Crippen LogP contribution is 2.52. The lowest BCUT2D eigenvalue weighted by Gasteiger charge is -2.13. The normalized spacial score (nSPS) is 26.2. The maximum atomic E-state index is 12.8. The summed E-state index contributed by atoms with van der Waals surface area (Å²) in [5.74, 6) is 0.732. The highest BCUT2D eigenvalue weighted by Gasteiger charge is 2.59. The highest BCUT2D eigenvalue weighted by molar-refractivity contribution is 6.06. The van der Waals surface area contributed by atoms with E-state index >= 15 is 0 Å². The third-order valence-corrected chi connectivity index (χ3v) is 6.27. The Kier molecular flexibility index (Phi) is 5.06. The lowest BCUT2D eigenvalue weighted by atomic mass is 9.85. The van der Waals surface area contributed by atoms with Crippen molar-refractivity contribution in [2.75, 3.05) is 6.61 Å². The molecule has 0 radical (unpaired) electrons. The highest BCUT2D eigenvalue weighted by atomic mass is 16.5. The zero-order valence-corrected chi connectivity index (χ0v) is 17.3. The average molecular weight is 416 g/mol. The van der Waals surface area contributed by atoms with Crippen molar-refractivity contribution in [3.8, 4) is 11.5 Å². The number of amides is 2. The van der Waals surface area contributed by atoms with Crippen molar-refractivity contribution in [1.82, 2.24) is 5.01 Å². The lowest BCUT2D eigenvalue weighted by Crippen LogP contribution is -2.28. The number of imide groups is 1. The van der Waals surface area contributed by atoms with E-state index in [0.29, 0.717) is 24.7 Å². The molecular formula is C25H24N2O4. The van der Waals surface area contributed by atoms with Gasteiger partial charge in [0.25, 0.3) is 11.8 Å². The quantitative estimate of drug-likeness (QED) is 0.391. The summed E-state index contributed by atoms with van der Waals surface area (Å²) < 4.78 is 11.7. The molecule has 2 amide bonds.